The Labute approximate surface area is 95.3 Å². The second kappa shape index (κ2) is 4.08. The maximum absolute atomic E-state index is 11.7. The standard InChI is InChI=1S/C9H9N5O3/c1-14-6(2-3-10-14)8(15)11-7-4-5(9(16)17)12-13-7/h2-4H,1H3,(H,16,17)(H2,11,12,13,15). The Kier molecular flexibility index (Phi) is 2.61. The van der Waals surface area contributed by atoms with Gasteiger partial charge in [-0.05, 0) is 6.07 Å². The van der Waals surface area contributed by atoms with Gasteiger partial charge in [-0.1, -0.05) is 0 Å². The van der Waals surface area contributed by atoms with Crippen LogP contribution in [0.4, 0.5) is 5.82 Å². The van der Waals surface area contributed by atoms with Crippen molar-refractivity contribution in [1.82, 2.24) is 20.0 Å². The Bertz CT molecular complexity index is 571. The lowest BCUT2D eigenvalue weighted by Crippen LogP contribution is -2.16. The zero-order valence-electron chi connectivity index (χ0n) is 8.84. The number of aromatic nitrogens is 4. The zero-order chi connectivity index (χ0) is 12.4. The maximum atomic E-state index is 11.7. The number of hydrogen-bond donors (Lipinski definition) is 3. The Hall–Kier alpha value is -2.64. The highest BCUT2D eigenvalue weighted by atomic mass is 16.4. The van der Waals surface area contributed by atoms with Crippen LogP contribution in [0, 0.1) is 0 Å². The Morgan fingerprint density at radius 3 is 2.82 bits per heavy atom. The van der Waals surface area contributed by atoms with Gasteiger partial charge in [-0.25, -0.2) is 4.79 Å². The molecule has 0 aliphatic rings. The van der Waals surface area contributed by atoms with Crippen LogP contribution in [0.5, 0.6) is 0 Å². The van der Waals surface area contributed by atoms with E-state index >= 15 is 0 Å². The quantitative estimate of drug-likeness (QED) is 0.698. The van der Waals surface area contributed by atoms with Crippen LogP contribution in [-0.2, 0) is 7.05 Å². The predicted octanol–water partition coefficient (Wildman–Crippen LogP) is 0.0937. The number of carbonyl (C=O) groups is 2. The Morgan fingerprint density at radius 2 is 2.29 bits per heavy atom. The van der Waals surface area contributed by atoms with Crippen LogP contribution in [0.1, 0.15) is 21.0 Å². The SMILES string of the molecule is Cn1nccc1C(=O)Nc1cc(C(=O)O)[nH]n1. The van der Waals surface area contributed by atoms with Gasteiger partial charge in [0.05, 0.1) is 0 Å². The second-order valence-electron chi connectivity index (χ2n) is 3.27. The molecule has 8 heteroatoms. The maximum Gasteiger partial charge on any atom is 0.353 e. The summed E-state index contributed by atoms with van der Waals surface area (Å²) < 4.78 is 1.40. The number of nitrogens with one attached hydrogen (secondary N) is 2. The summed E-state index contributed by atoms with van der Waals surface area (Å²) in [4.78, 5) is 22.3. The molecule has 0 spiro atoms. The molecule has 0 bridgehead atoms. The van der Waals surface area contributed by atoms with Crippen molar-refractivity contribution < 1.29 is 14.7 Å². The third-order valence-electron chi connectivity index (χ3n) is 2.10. The lowest BCUT2D eigenvalue weighted by Gasteiger charge is -2.00. The van der Waals surface area contributed by atoms with Gasteiger partial charge in [0.15, 0.2) is 5.82 Å². The van der Waals surface area contributed by atoms with Crippen molar-refractivity contribution in [2.75, 3.05) is 5.32 Å². The molecule has 0 unspecified atom stereocenters. The predicted molar refractivity (Wildman–Crippen MR) is 56.7 cm³/mol. The van der Waals surface area contributed by atoms with Crippen molar-refractivity contribution >= 4 is 17.7 Å². The van der Waals surface area contributed by atoms with Gasteiger partial charge in [-0.15, -0.1) is 0 Å². The fraction of sp³-hybridized carbons (Fsp3) is 0.111. The molecule has 8 nitrogen and oxygen atoms in total. The molecule has 3 N–H and O–H groups in total. The number of carboxylic acid groups (broad SMARTS) is 1. The highest BCUT2D eigenvalue weighted by Crippen LogP contribution is 2.07. The number of nitrogens with zero attached hydrogens (tertiary/aromatic N) is 3. The lowest BCUT2D eigenvalue weighted by molar-refractivity contribution is 0.0690. The molecule has 2 rings (SSSR count). The molecule has 0 fully saturated rings. The van der Waals surface area contributed by atoms with Gasteiger partial charge >= 0.3 is 5.97 Å². The minimum atomic E-state index is -1.14. The third-order valence-corrected chi connectivity index (χ3v) is 2.10. The molecule has 1 amide bonds. The lowest BCUT2D eigenvalue weighted by atomic mass is 10.4. The molecule has 2 aromatic heterocycles. The van der Waals surface area contributed by atoms with Crippen molar-refractivity contribution in [3.8, 4) is 0 Å². The number of carboxylic acids is 1. The number of aryl methyl sites for hydroxylation is 1. The van der Waals surface area contributed by atoms with Crippen molar-refractivity contribution in [2.45, 2.75) is 0 Å². The molecule has 17 heavy (non-hydrogen) atoms. The summed E-state index contributed by atoms with van der Waals surface area (Å²) in [6.45, 7) is 0. The van der Waals surface area contributed by atoms with Crippen molar-refractivity contribution in [3.05, 3.63) is 29.7 Å². The van der Waals surface area contributed by atoms with Crippen LogP contribution in [0.25, 0.3) is 0 Å². The van der Waals surface area contributed by atoms with Crippen LogP contribution < -0.4 is 5.32 Å². The summed E-state index contributed by atoms with van der Waals surface area (Å²) in [6.07, 6.45) is 1.49. The van der Waals surface area contributed by atoms with Gasteiger partial charge in [-0.2, -0.15) is 10.2 Å². The summed E-state index contributed by atoms with van der Waals surface area (Å²) in [5, 5.41) is 20.9. The minimum Gasteiger partial charge on any atom is -0.477 e. The smallest absolute Gasteiger partial charge is 0.353 e. The molecule has 88 valence electrons. The molecule has 0 radical (unpaired) electrons. The summed E-state index contributed by atoms with van der Waals surface area (Å²) in [6, 6.07) is 2.77. The zero-order valence-corrected chi connectivity index (χ0v) is 8.84. The number of hydrogen-bond acceptors (Lipinski definition) is 4. The monoisotopic (exact) mass is 235 g/mol. The van der Waals surface area contributed by atoms with E-state index in [2.05, 4.69) is 20.6 Å². The second-order valence-corrected chi connectivity index (χ2v) is 3.27. The van der Waals surface area contributed by atoms with Crippen LogP contribution in [-0.4, -0.2) is 37.0 Å². The molecular weight excluding hydrogens is 226 g/mol. The average molecular weight is 235 g/mol. The largest absolute Gasteiger partial charge is 0.477 e. The van der Waals surface area contributed by atoms with Gasteiger partial charge in [0.25, 0.3) is 5.91 Å². The summed E-state index contributed by atoms with van der Waals surface area (Å²) in [5.74, 6) is -1.40. The molecule has 0 aliphatic heterocycles. The van der Waals surface area contributed by atoms with E-state index in [1.54, 1.807) is 13.1 Å². The molecule has 0 aliphatic carbocycles. The molecule has 0 aromatic carbocycles. The number of carbonyl (C=O) groups excluding carboxylic acids is 1. The normalized spacial score (nSPS) is 10.2. The number of anilines is 1. The Balaban J connectivity index is 2.13. The van der Waals surface area contributed by atoms with Gasteiger partial charge < -0.3 is 10.4 Å². The van der Waals surface area contributed by atoms with E-state index < -0.39 is 11.9 Å². The number of amides is 1. The number of aromatic carboxylic acids is 1. The first-order valence-electron chi connectivity index (χ1n) is 4.66. The highest BCUT2D eigenvalue weighted by molar-refractivity contribution is 6.02. The number of aromatic amines is 1. The highest BCUT2D eigenvalue weighted by Gasteiger charge is 2.13. The summed E-state index contributed by atoms with van der Waals surface area (Å²) in [5.41, 5.74) is 0.259. The van der Waals surface area contributed by atoms with Gasteiger partial charge in [0.2, 0.25) is 0 Å². The van der Waals surface area contributed by atoms with Crippen LogP contribution in [0.15, 0.2) is 18.3 Å². The topological polar surface area (TPSA) is 113 Å². The van der Waals surface area contributed by atoms with E-state index in [-0.39, 0.29) is 11.5 Å². The molecule has 0 saturated heterocycles. The van der Waals surface area contributed by atoms with Gasteiger partial charge in [0.1, 0.15) is 11.4 Å². The molecule has 0 atom stereocenters. The number of rotatable bonds is 3. The molecule has 2 aromatic rings. The molecule has 2 heterocycles. The van der Waals surface area contributed by atoms with E-state index in [1.807, 2.05) is 0 Å². The van der Waals surface area contributed by atoms with E-state index in [4.69, 9.17) is 5.11 Å². The summed E-state index contributed by atoms with van der Waals surface area (Å²) >= 11 is 0. The van der Waals surface area contributed by atoms with Crippen LogP contribution in [0.2, 0.25) is 0 Å². The van der Waals surface area contributed by atoms with Gasteiger partial charge in [-0.3, -0.25) is 14.6 Å². The molecule has 0 saturated carbocycles. The number of H-pyrrole nitrogens is 1. The first-order chi connectivity index (χ1) is 8.08. The van der Waals surface area contributed by atoms with Crippen LogP contribution >= 0.6 is 0 Å². The first-order valence-corrected chi connectivity index (χ1v) is 4.66. The van der Waals surface area contributed by atoms with E-state index in [0.29, 0.717) is 5.69 Å². The summed E-state index contributed by atoms with van der Waals surface area (Å²) in [7, 11) is 1.63. The average Bonchev–Trinajstić information content (AvgIpc) is 2.86. The molecular formula is C9H9N5O3. The van der Waals surface area contributed by atoms with Crippen LogP contribution in [0.3, 0.4) is 0 Å². The fourth-order valence-corrected chi connectivity index (χ4v) is 1.27. The van der Waals surface area contributed by atoms with Crippen molar-refractivity contribution in [3.63, 3.8) is 0 Å². The van der Waals surface area contributed by atoms with E-state index in [0.717, 1.165) is 0 Å². The van der Waals surface area contributed by atoms with E-state index in [9.17, 15) is 9.59 Å². The minimum absolute atomic E-state index is 0.0923. The first kappa shape index (κ1) is 10.9. The van der Waals surface area contributed by atoms with E-state index in [1.165, 1.54) is 16.9 Å². The van der Waals surface area contributed by atoms with Crippen molar-refractivity contribution in [2.24, 2.45) is 7.05 Å². The fourth-order valence-electron chi connectivity index (χ4n) is 1.27. The van der Waals surface area contributed by atoms with Crippen molar-refractivity contribution in [1.29, 1.82) is 0 Å². The Morgan fingerprint density at radius 1 is 1.53 bits per heavy atom. The third kappa shape index (κ3) is 2.14. The van der Waals surface area contributed by atoms with Gasteiger partial charge in [0, 0.05) is 19.3 Å².